The molecular formula is C33H27ClF4N6O2S. The molecule has 2 aromatic heterocycles. The van der Waals surface area contributed by atoms with E-state index >= 15 is 4.39 Å². The van der Waals surface area contributed by atoms with Crippen molar-refractivity contribution in [3.63, 3.8) is 0 Å². The zero-order valence-corrected chi connectivity index (χ0v) is 26.5. The fraction of sp³-hybridized carbons (Fsp3) is 0.364. The SMILES string of the molecule is [C-]#[N+]c1c(N)sc2c(F)ccc(-c3c(Cl)c4c5c(nc(OC[C@@]67CCCN6CC(=C)C7)nc5c3F)N(CCC(F)F)[C@H](C#C)CO4)c12. The van der Waals surface area contributed by atoms with Crippen molar-refractivity contribution in [2.75, 3.05) is 43.5 Å². The Hall–Kier alpha value is -4.30. The van der Waals surface area contributed by atoms with E-state index < -0.39 is 30.5 Å². The Morgan fingerprint density at radius 3 is 2.87 bits per heavy atom. The van der Waals surface area contributed by atoms with E-state index in [2.05, 4.69) is 32.2 Å². The lowest BCUT2D eigenvalue weighted by Gasteiger charge is -2.31. The number of halogens is 5. The molecule has 0 amide bonds. The number of benzene rings is 2. The third-order valence-corrected chi connectivity index (χ3v) is 10.5. The normalized spacial score (nSPS) is 20.8. The van der Waals surface area contributed by atoms with Gasteiger partial charge in [-0.3, -0.25) is 4.90 Å². The number of thiophene rings is 1. The smallest absolute Gasteiger partial charge is 0.319 e. The lowest BCUT2D eigenvalue weighted by molar-refractivity contribution is 0.108. The van der Waals surface area contributed by atoms with Crippen molar-refractivity contribution in [2.24, 2.45) is 0 Å². The Bertz CT molecular complexity index is 2060. The summed E-state index contributed by atoms with van der Waals surface area (Å²) >= 11 is 7.79. The molecule has 0 radical (unpaired) electrons. The van der Waals surface area contributed by atoms with E-state index in [1.165, 1.54) is 11.0 Å². The van der Waals surface area contributed by atoms with Gasteiger partial charge in [-0.05, 0) is 37.4 Å². The van der Waals surface area contributed by atoms with Gasteiger partial charge in [-0.2, -0.15) is 9.97 Å². The van der Waals surface area contributed by atoms with Gasteiger partial charge in [0.15, 0.2) is 11.6 Å². The molecule has 2 N–H and O–H groups in total. The summed E-state index contributed by atoms with van der Waals surface area (Å²) in [5.41, 5.74) is 6.42. The summed E-state index contributed by atoms with van der Waals surface area (Å²) in [6, 6.07) is 1.40. The first-order chi connectivity index (χ1) is 22.6. The molecule has 3 aliphatic heterocycles. The van der Waals surface area contributed by atoms with E-state index in [9.17, 15) is 13.2 Å². The molecular weight excluding hydrogens is 656 g/mol. The molecule has 0 unspecified atom stereocenters. The summed E-state index contributed by atoms with van der Waals surface area (Å²) in [5.74, 6) is 1.01. The molecule has 3 aliphatic rings. The highest BCUT2D eigenvalue weighted by molar-refractivity contribution is 7.23. The number of aromatic nitrogens is 2. The van der Waals surface area contributed by atoms with Crippen LogP contribution in [0.4, 0.5) is 34.1 Å². The number of hydrogen-bond donors (Lipinski definition) is 1. The Morgan fingerprint density at radius 1 is 1.32 bits per heavy atom. The molecule has 5 heterocycles. The number of fused-ring (bicyclic) bond motifs is 2. The molecule has 0 aliphatic carbocycles. The largest absolute Gasteiger partial charge is 0.488 e. The molecule has 8 nitrogen and oxygen atoms in total. The van der Waals surface area contributed by atoms with E-state index in [0.29, 0.717) is 0 Å². The third kappa shape index (κ3) is 5.00. The van der Waals surface area contributed by atoms with Crippen molar-refractivity contribution in [3.8, 4) is 35.2 Å². The number of hydrogen-bond acceptors (Lipinski definition) is 8. The van der Waals surface area contributed by atoms with Crippen LogP contribution in [0, 0.1) is 30.6 Å². The number of anilines is 2. The van der Waals surface area contributed by atoms with E-state index in [4.69, 9.17) is 39.8 Å². The molecule has 0 spiro atoms. The van der Waals surface area contributed by atoms with E-state index in [1.807, 2.05) is 0 Å². The van der Waals surface area contributed by atoms with Crippen LogP contribution in [0.5, 0.6) is 11.8 Å². The maximum absolute atomic E-state index is 17.1. The highest BCUT2D eigenvalue weighted by atomic mass is 35.5. The molecule has 242 valence electrons. The summed E-state index contributed by atoms with van der Waals surface area (Å²) in [6.45, 7) is 13.3. The van der Waals surface area contributed by atoms with Crippen molar-refractivity contribution < 1.29 is 27.0 Å². The van der Waals surface area contributed by atoms with Crippen LogP contribution < -0.4 is 20.1 Å². The van der Waals surface area contributed by atoms with Crippen LogP contribution in [0.3, 0.4) is 0 Å². The zero-order valence-electron chi connectivity index (χ0n) is 24.9. The summed E-state index contributed by atoms with van der Waals surface area (Å²) in [4.78, 5) is 16.4. The highest BCUT2D eigenvalue weighted by Crippen LogP contribution is 2.53. The predicted molar refractivity (Wildman–Crippen MR) is 175 cm³/mol. The minimum absolute atomic E-state index is 0.0270. The molecule has 7 rings (SSSR count). The van der Waals surface area contributed by atoms with Gasteiger partial charge in [0.2, 0.25) is 12.1 Å². The van der Waals surface area contributed by atoms with Crippen LogP contribution in [0.25, 0.3) is 37.0 Å². The van der Waals surface area contributed by atoms with Gasteiger partial charge in [0.1, 0.15) is 36.4 Å². The van der Waals surface area contributed by atoms with Crippen LogP contribution in [-0.4, -0.2) is 65.7 Å². The predicted octanol–water partition coefficient (Wildman–Crippen LogP) is 7.61. The number of nitrogens with two attached hydrogens (primary N) is 1. The minimum atomic E-state index is -2.65. The first-order valence-electron chi connectivity index (χ1n) is 14.9. The first kappa shape index (κ1) is 31.3. The van der Waals surface area contributed by atoms with Crippen molar-refractivity contribution in [2.45, 2.75) is 43.7 Å². The van der Waals surface area contributed by atoms with Gasteiger partial charge in [-0.1, -0.05) is 35.7 Å². The Morgan fingerprint density at radius 2 is 2.13 bits per heavy atom. The average Bonchev–Trinajstić information content (AvgIpc) is 3.65. The topological polar surface area (TPSA) is 81.1 Å². The van der Waals surface area contributed by atoms with Crippen molar-refractivity contribution in [1.29, 1.82) is 0 Å². The fourth-order valence-electron chi connectivity index (χ4n) is 7.05. The van der Waals surface area contributed by atoms with Gasteiger partial charge < -0.3 is 20.1 Å². The van der Waals surface area contributed by atoms with Crippen LogP contribution in [0.15, 0.2) is 24.3 Å². The first-order valence-corrected chi connectivity index (χ1v) is 16.1. The molecule has 4 aromatic rings. The molecule has 14 heteroatoms. The van der Waals surface area contributed by atoms with Crippen molar-refractivity contribution >= 4 is 60.4 Å². The molecule has 0 saturated carbocycles. The second-order valence-corrected chi connectivity index (χ2v) is 13.4. The number of terminal acetylenes is 1. The Kier molecular flexibility index (Phi) is 7.82. The highest BCUT2D eigenvalue weighted by Gasteiger charge is 2.46. The molecule has 2 atom stereocenters. The zero-order chi connectivity index (χ0) is 33.2. The maximum Gasteiger partial charge on any atom is 0.319 e. The number of nitrogens with zero attached hydrogens (tertiary/aromatic N) is 5. The van der Waals surface area contributed by atoms with Gasteiger partial charge in [0.25, 0.3) is 0 Å². The lowest BCUT2D eigenvalue weighted by Crippen LogP contribution is -2.43. The van der Waals surface area contributed by atoms with E-state index in [-0.39, 0.29) is 90.7 Å². The van der Waals surface area contributed by atoms with Crippen LogP contribution >= 0.6 is 22.9 Å². The van der Waals surface area contributed by atoms with E-state index in [1.54, 1.807) is 0 Å². The molecule has 47 heavy (non-hydrogen) atoms. The Balaban J connectivity index is 1.47. The summed E-state index contributed by atoms with van der Waals surface area (Å²) < 4.78 is 71.4. The molecule has 2 aromatic carbocycles. The van der Waals surface area contributed by atoms with Crippen LogP contribution in [-0.2, 0) is 0 Å². The molecule has 2 saturated heterocycles. The Labute approximate surface area is 276 Å². The van der Waals surface area contributed by atoms with Crippen LogP contribution in [0.1, 0.15) is 25.7 Å². The van der Waals surface area contributed by atoms with Crippen molar-refractivity contribution in [3.05, 3.63) is 52.4 Å². The van der Waals surface area contributed by atoms with Gasteiger partial charge in [-0.25, -0.2) is 22.4 Å². The van der Waals surface area contributed by atoms with Crippen molar-refractivity contribution in [1.82, 2.24) is 14.9 Å². The lowest BCUT2D eigenvalue weighted by atomic mass is 9.94. The number of alkyl halides is 2. The van der Waals surface area contributed by atoms with Gasteiger partial charge in [0, 0.05) is 30.5 Å². The standard InChI is InChI=1S/C33H27ClF4N6O2S/c1-4-17-14-45-28-23-26(25(38)21(24(28)34)18-6-7-19(35)29-22(18)27(40-3)30(39)47-29)41-32(42-31(23)44(17)11-8-20(36)37)46-15-33-9-5-10-43(33)13-16(2)12-33/h1,6-7,17,20H,2,5,8-15,39H2/t17-,33+/m1/s1. The summed E-state index contributed by atoms with van der Waals surface area (Å²) in [7, 11) is 0. The monoisotopic (exact) mass is 682 g/mol. The second kappa shape index (κ2) is 11.7. The molecule has 2 fully saturated rings. The summed E-state index contributed by atoms with van der Waals surface area (Å²) in [6.07, 6.45) is 5.24. The summed E-state index contributed by atoms with van der Waals surface area (Å²) in [5, 5.41) is -0.0244. The van der Waals surface area contributed by atoms with Gasteiger partial charge in [-0.15, -0.1) is 17.8 Å². The maximum atomic E-state index is 17.1. The fourth-order valence-corrected chi connectivity index (χ4v) is 8.33. The minimum Gasteiger partial charge on any atom is -0.488 e. The number of ether oxygens (including phenoxy) is 2. The van der Waals surface area contributed by atoms with E-state index in [0.717, 1.165) is 55.3 Å². The van der Waals surface area contributed by atoms with Gasteiger partial charge >= 0.3 is 6.01 Å². The van der Waals surface area contributed by atoms with Gasteiger partial charge in [0.05, 0.1) is 32.2 Å². The third-order valence-electron chi connectivity index (χ3n) is 9.13. The number of nitrogen functional groups attached to an aromatic ring is 1. The number of rotatable bonds is 7. The quantitative estimate of drug-likeness (QED) is 0.0931. The average molecular weight is 683 g/mol. The molecule has 0 bridgehead atoms. The second-order valence-electron chi connectivity index (χ2n) is 11.9. The van der Waals surface area contributed by atoms with Crippen LogP contribution in [0.2, 0.25) is 5.02 Å².